The van der Waals surface area contributed by atoms with Crippen LogP contribution in [0.2, 0.25) is 0 Å². The lowest BCUT2D eigenvalue weighted by molar-refractivity contribution is 0.304. The van der Waals surface area contributed by atoms with Crippen molar-refractivity contribution in [2.24, 2.45) is 0 Å². The van der Waals surface area contributed by atoms with Crippen LogP contribution in [0, 0.1) is 0 Å². The van der Waals surface area contributed by atoms with Gasteiger partial charge in [-0.3, -0.25) is 4.79 Å². The molecule has 0 spiro atoms. The van der Waals surface area contributed by atoms with E-state index in [4.69, 9.17) is 13.9 Å². The molecule has 4 heteroatoms. The highest BCUT2D eigenvalue weighted by molar-refractivity contribution is 5.80. The zero-order chi connectivity index (χ0) is 21.2. The number of fused-ring (bicyclic) bond motifs is 1. The normalized spacial score (nSPS) is 11.0. The third kappa shape index (κ3) is 6.12. The predicted molar refractivity (Wildman–Crippen MR) is 123 cm³/mol. The number of hydrogen-bond donors (Lipinski definition) is 0. The van der Waals surface area contributed by atoms with Gasteiger partial charge in [-0.25, -0.2) is 0 Å². The van der Waals surface area contributed by atoms with Crippen molar-refractivity contribution in [3.05, 3.63) is 58.8 Å². The molecule has 0 aliphatic heterocycles. The van der Waals surface area contributed by atoms with Gasteiger partial charge in [0.15, 0.2) is 5.43 Å². The van der Waals surface area contributed by atoms with Gasteiger partial charge in [0.05, 0.1) is 19.1 Å². The minimum atomic E-state index is -0.0832. The molecule has 4 nitrogen and oxygen atoms in total. The fourth-order valence-electron chi connectivity index (χ4n) is 3.55. The first-order valence-electron chi connectivity index (χ1n) is 11.1. The van der Waals surface area contributed by atoms with Crippen LogP contribution in [0.5, 0.6) is 11.5 Å². The molecular weight excluding hydrogens is 376 g/mol. The molecule has 1 heterocycles. The number of rotatable bonds is 12. The van der Waals surface area contributed by atoms with E-state index in [2.05, 4.69) is 6.92 Å². The number of unbranched alkanes of at least 4 members (excludes halogenated alkanes) is 7. The quantitative estimate of drug-likeness (QED) is 0.303. The van der Waals surface area contributed by atoms with Crippen molar-refractivity contribution in [1.29, 1.82) is 0 Å². The molecule has 0 fully saturated rings. The fourth-order valence-corrected chi connectivity index (χ4v) is 3.55. The molecule has 3 rings (SSSR count). The second-order valence-electron chi connectivity index (χ2n) is 7.68. The highest BCUT2D eigenvalue weighted by Gasteiger charge is 2.08. The van der Waals surface area contributed by atoms with Gasteiger partial charge in [0.25, 0.3) is 0 Å². The van der Waals surface area contributed by atoms with E-state index in [0.29, 0.717) is 22.5 Å². The highest BCUT2D eigenvalue weighted by Crippen LogP contribution is 2.26. The van der Waals surface area contributed by atoms with Crippen LogP contribution in [0.4, 0.5) is 0 Å². The van der Waals surface area contributed by atoms with Crippen LogP contribution in [0.1, 0.15) is 58.3 Å². The molecule has 0 saturated carbocycles. The van der Waals surface area contributed by atoms with Crippen molar-refractivity contribution < 1.29 is 13.9 Å². The topological polar surface area (TPSA) is 48.7 Å². The second-order valence-corrected chi connectivity index (χ2v) is 7.68. The number of methoxy groups -OCH3 is 1. The summed E-state index contributed by atoms with van der Waals surface area (Å²) in [6.07, 6.45) is 10.3. The Morgan fingerprint density at radius 3 is 2.17 bits per heavy atom. The molecule has 0 unspecified atom stereocenters. The van der Waals surface area contributed by atoms with Gasteiger partial charge >= 0.3 is 0 Å². The summed E-state index contributed by atoms with van der Waals surface area (Å²) in [7, 11) is 1.58. The van der Waals surface area contributed by atoms with Gasteiger partial charge in [0.2, 0.25) is 0 Å². The minimum Gasteiger partial charge on any atom is -0.497 e. The number of hydrogen-bond acceptors (Lipinski definition) is 4. The fraction of sp³-hybridized carbons (Fsp3) is 0.423. The molecular formula is C26H32O4. The summed E-state index contributed by atoms with van der Waals surface area (Å²) in [6, 6.07) is 14.5. The average molecular weight is 409 g/mol. The zero-order valence-corrected chi connectivity index (χ0v) is 18.1. The van der Waals surface area contributed by atoms with Crippen LogP contribution in [-0.4, -0.2) is 13.7 Å². The molecule has 0 saturated heterocycles. The molecule has 1 aromatic heterocycles. The van der Waals surface area contributed by atoms with Crippen LogP contribution in [-0.2, 0) is 0 Å². The molecule has 0 amide bonds. The van der Waals surface area contributed by atoms with E-state index in [1.165, 1.54) is 51.0 Å². The first-order chi connectivity index (χ1) is 14.7. The Morgan fingerprint density at radius 1 is 0.800 bits per heavy atom. The molecule has 0 atom stereocenters. The van der Waals surface area contributed by atoms with Gasteiger partial charge in [-0.2, -0.15) is 0 Å². The molecule has 0 N–H and O–H groups in total. The summed E-state index contributed by atoms with van der Waals surface area (Å²) in [6.45, 7) is 2.99. The summed E-state index contributed by atoms with van der Waals surface area (Å²) >= 11 is 0. The largest absolute Gasteiger partial charge is 0.497 e. The van der Waals surface area contributed by atoms with Crippen molar-refractivity contribution in [3.8, 4) is 22.8 Å². The van der Waals surface area contributed by atoms with Crippen LogP contribution < -0.4 is 14.9 Å². The van der Waals surface area contributed by atoms with Gasteiger partial charge in [0, 0.05) is 11.6 Å². The van der Waals surface area contributed by atoms with Crippen molar-refractivity contribution in [2.45, 2.75) is 58.3 Å². The maximum Gasteiger partial charge on any atom is 0.193 e. The molecule has 3 aromatic rings. The lowest BCUT2D eigenvalue weighted by Crippen LogP contribution is -2.01. The Kier molecular flexibility index (Phi) is 8.37. The zero-order valence-electron chi connectivity index (χ0n) is 18.1. The summed E-state index contributed by atoms with van der Waals surface area (Å²) in [5.41, 5.74) is 1.32. The van der Waals surface area contributed by atoms with Crippen LogP contribution in [0.25, 0.3) is 22.3 Å². The van der Waals surface area contributed by atoms with E-state index in [1.54, 1.807) is 25.3 Å². The molecule has 0 aliphatic carbocycles. The molecule has 30 heavy (non-hydrogen) atoms. The smallest absolute Gasteiger partial charge is 0.193 e. The summed E-state index contributed by atoms with van der Waals surface area (Å²) < 4.78 is 17.0. The van der Waals surface area contributed by atoms with Crippen molar-refractivity contribution >= 4 is 11.0 Å². The SMILES string of the molecule is CCCCCCCCCCOc1ccc(-c2cc(=O)c3cc(OC)ccc3o2)cc1. The Labute approximate surface area is 178 Å². The highest BCUT2D eigenvalue weighted by atomic mass is 16.5. The van der Waals surface area contributed by atoms with E-state index in [1.807, 2.05) is 24.3 Å². The maximum absolute atomic E-state index is 12.5. The van der Waals surface area contributed by atoms with E-state index in [0.717, 1.165) is 24.3 Å². The standard InChI is InChI=1S/C26H32O4/c1-3-4-5-6-7-8-9-10-17-29-21-13-11-20(12-14-21)26-19-24(27)23-18-22(28-2)15-16-25(23)30-26/h11-16,18-19H,3-10,17H2,1-2H3. The van der Waals surface area contributed by atoms with Crippen molar-refractivity contribution in [2.75, 3.05) is 13.7 Å². The van der Waals surface area contributed by atoms with Crippen molar-refractivity contribution in [1.82, 2.24) is 0 Å². The average Bonchev–Trinajstić information content (AvgIpc) is 2.78. The van der Waals surface area contributed by atoms with E-state index in [9.17, 15) is 4.79 Å². The molecule has 0 aliphatic rings. The number of ether oxygens (including phenoxy) is 2. The predicted octanol–water partition coefficient (Wildman–Crippen LogP) is 6.99. The second kappa shape index (κ2) is 11.4. The Morgan fingerprint density at radius 2 is 1.47 bits per heavy atom. The van der Waals surface area contributed by atoms with Crippen LogP contribution >= 0.6 is 0 Å². The van der Waals surface area contributed by atoms with Gasteiger partial charge < -0.3 is 13.9 Å². The third-order valence-corrected chi connectivity index (χ3v) is 5.34. The van der Waals surface area contributed by atoms with Gasteiger partial charge in [-0.1, -0.05) is 51.9 Å². The number of benzene rings is 2. The molecule has 0 radical (unpaired) electrons. The first kappa shape index (κ1) is 21.9. The monoisotopic (exact) mass is 408 g/mol. The maximum atomic E-state index is 12.5. The Hall–Kier alpha value is -2.75. The van der Waals surface area contributed by atoms with Gasteiger partial charge in [0.1, 0.15) is 22.8 Å². The third-order valence-electron chi connectivity index (χ3n) is 5.34. The summed E-state index contributed by atoms with van der Waals surface area (Å²) in [5, 5.41) is 0.517. The molecule has 160 valence electrons. The van der Waals surface area contributed by atoms with E-state index in [-0.39, 0.29) is 5.43 Å². The van der Waals surface area contributed by atoms with Crippen LogP contribution in [0.3, 0.4) is 0 Å². The van der Waals surface area contributed by atoms with Crippen LogP contribution in [0.15, 0.2) is 57.7 Å². The summed E-state index contributed by atoms with van der Waals surface area (Å²) in [4.78, 5) is 12.5. The van der Waals surface area contributed by atoms with E-state index < -0.39 is 0 Å². The summed E-state index contributed by atoms with van der Waals surface area (Å²) in [5.74, 6) is 2.03. The van der Waals surface area contributed by atoms with Gasteiger partial charge in [-0.05, 0) is 48.9 Å². The lowest BCUT2D eigenvalue weighted by Gasteiger charge is -2.08. The minimum absolute atomic E-state index is 0.0832. The Balaban J connectivity index is 1.51. The first-order valence-corrected chi connectivity index (χ1v) is 11.1. The van der Waals surface area contributed by atoms with Gasteiger partial charge in [-0.15, -0.1) is 0 Å². The van der Waals surface area contributed by atoms with E-state index >= 15 is 0 Å². The lowest BCUT2D eigenvalue weighted by atomic mass is 10.1. The molecule has 2 aromatic carbocycles. The Bertz CT molecular complexity index is 972. The molecule has 0 bridgehead atoms. The van der Waals surface area contributed by atoms with Crippen molar-refractivity contribution in [3.63, 3.8) is 0 Å².